The van der Waals surface area contributed by atoms with E-state index in [1.165, 1.54) is 11.1 Å². The zero-order chi connectivity index (χ0) is 21.3. The normalized spacial score (nSPS) is 12.1. The first-order valence-electron chi connectivity index (χ1n) is 10.6. The number of benzene rings is 2. The van der Waals surface area contributed by atoms with Crippen molar-refractivity contribution in [3.05, 3.63) is 71.6 Å². The molecular weight excluding hydrogens is 376 g/mol. The highest BCUT2D eigenvalue weighted by molar-refractivity contribution is 5.76. The Morgan fingerprint density at radius 3 is 2.40 bits per heavy atom. The molecule has 0 fully saturated rings. The molecule has 1 atom stereocenters. The average molecular weight is 407 g/mol. The number of nitrogens with zero attached hydrogens (tertiary/aromatic N) is 3. The Morgan fingerprint density at radius 2 is 1.73 bits per heavy atom. The van der Waals surface area contributed by atoms with Crippen molar-refractivity contribution in [2.45, 2.75) is 39.7 Å². The molecule has 1 N–H and O–H groups in total. The van der Waals surface area contributed by atoms with Gasteiger partial charge in [0.2, 0.25) is 17.7 Å². The second-order valence-corrected chi connectivity index (χ2v) is 7.32. The minimum absolute atomic E-state index is 0.0156. The van der Waals surface area contributed by atoms with Gasteiger partial charge in [0.05, 0.1) is 6.04 Å². The molecule has 3 aromatic rings. The Bertz CT molecular complexity index is 918. The molecule has 0 unspecified atom stereocenters. The summed E-state index contributed by atoms with van der Waals surface area (Å²) >= 11 is 0. The van der Waals surface area contributed by atoms with E-state index >= 15 is 0 Å². The van der Waals surface area contributed by atoms with Gasteiger partial charge in [-0.1, -0.05) is 61.9 Å². The zero-order valence-corrected chi connectivity index (χ0v) is 18.0. The summed E-state index contributed by atoms with van der Waals surface area (Å²) < 4.78 is 5.72. The van der Waals surface area contributed by atoms with Crippen LogP contribution in [-0.4, -0.2) is 40.6 Å². The number of nitrogens with one attached hydrogen (secondary N) is 1. The maximum Gasteiger partial charge on any atom is 0.247 e. The van der Waals surface area contributed by atoms with E-state index in [-0.39, 0.29) is 11.9 Å². The molecule has 0 aliphatic carbocycles. The van der Waals surface area contributed by atoms with E-state index < -0.39 is 0 Å². The highest BCUT2D eigenvalue weighted by Crippen LogP contribution is 2.20. The molecule has 30 heavy (non-hydrogen) atoms. The molecule has 0 aliphatic rings. The summed E-state index contributed by atoms with van der Waals surface area (Å²) in [6, 6.07) is 18.4. The van der Waals surface area contributed by atoms with Gasteiger partial charge in [-0.3, -0.25) is 9.69 Å². The molecule has 0 saturated heterocycles. The van der Waals surface area contributed by atoms with Gasteiger partial charge >= 0.3 is 0 Å². The molecule has 1 heterocycles. The molecule has 0 saturated carbocycles. The van der Waals surface area contributed by atoms with E-state index in [1.54, 1.807) is 0 Å². The monoisotopic (exact) mass is 406 g/mol. The fraction of sp³-hybridized carbons (Fsp3) is 0.375. The van der Waals surface area contributed by atoms with E-state index in [2.05, 4.69) is 46.4 Å². The van der Waals surface area contributed by atoms with Crippen molar-refractivity contribution in [3.8, 4) is 11.5 Å². The number of hydrogen-bond acceptors (Lipinski definition) is 5. The van der Waals surface area contributed by atoms with Gasteiger partial charge in [0.15, 0.2) is 0 Å². The number of carbonyl (C=O) groups is 1. The lowest BCUT2D eigenvalue weighted by Crippen LogP contribution is -2.38. The van der Waals surface area contributed by atoms with Crippen molar-refractivity contribution < 1.29 is 9.21 Å². The first-order chi connectivity index (χ1) is 14.6. The smallest absolute Gasteiger partial charge is 0.247 e. The number of aromatic nitrogens is 2. The van der Waals surface area contributed by atoms with Crippen LogP contribution in [0.4, 0.5) is 0 Å². The van der Waals surface area contributed by atoms with Gasteiger partial charge in [-0.2, -0.15) is 0 Å². The summed E-state index contributed by atoms with van der Waals surface area (Å²) in [5, 5.41) is 11.3. The standard InChI is InChI=1S/C24H30N4O2/c1-4-28(5-2)21(19-9-7-6-8-10-19)17-25-22(29)15-16-23-26-27-24(30-23)20-13-11-18(3)12-14-20/h6-14,21H,4-5,15-17H2,1-3H3,(H,25,29)/t21-/m0/s1. The molecule has 6 nitrogen and oxygen atoms in total. The van der Waals surface area contributed by atoms with Crippen LogP contribution in [0.15, 0.2) is 59.0 Å². The van der Waals surface area contributed by atoms with Crippen molar-refractivity contribution in [2.24, 2.45) is 0 Å². The molecular formula is C24H30N4O2. The zero-order valence-electron chi connectivity index (χ0n) is 18.0. The van der Waals surface area contributed by atoms with Gasteiger partial charge in [0.1, 0.15) is 0 Å². The highest BCUT2D eigenvalue weighted by atomic mass is 16.4. The Labute approximate surface area is 178 Å². The van der Waals surface area contributed by atoms with Crippen molar-refractivity contribution >= 4 is 5.91 Å². The molecule has 0 aliphatic heterocycles. The van der Waals surface area contributed by atoms with Crippen molar-refractivity contribution in [2.75, 3.05) is 19.6 Å². The molecule has 0 spiro atoms. The third kappa shape index (κ3) is 5.76. The van der Waals surface area contributed by atoms with E-state index in [9.17, 15) is 4.79 Å². The predicted octanol–water partition coefficient (Wildman–Crippen LogP) is 4.18. The lowest BCUT2D eigenvalue weighted by atomic mass is 10.0. The van der Waals surface area contributed by atoms with Crippen LogP contribution in [0.2, 0.25) is 0 Å². The number of hydrogen-bond donors (Lipinski definition) is 1. The van der Waals surface area contributed by atoms with Gasteiger partial charge in [-0.25, -0.2) is 0 Å². The Kier molecular flexibility index (Phi) is 7.74. The van der Waals surface area contributed by atoms with Crippen LogP contribution in [0.5, 0.6) is 0 Å². The number of amides is 1. The molecule has 1 amide bonds. The molecule has 0 bridgehead atoms. The summed E-state index contributed by atoms with van der Waals surface area (Å²) in [5.41, 5.74) is 3.27. The quantitative estimate of drug-likeness (QED) is 0.547. The van der Waals surface area contributed by atoms with Gasteiger partial charge in [-0.05, 0) is 37.7 Å². The van der Waals surface area contributed by atoms with Crippen LogP contribution >= 0.6 is 0 Å². The number of likely N-dealkylation sites (N-methyl/N-ethyl adjacent to an activating group) is 1. The summed E-state index contributed by atoms with van der Waals surface area (Å²) in [6.07, 6.45) is 0.737. The lowest BCUT2D eigenvalue weighted by Gasteiger charge is -2.30. The van der Waals surface area contributed by atoms with Crippen LogP contribution in [0, 0.1) is 6.92 Å². The molecule has 158 valence electrons. The number of carbonyl (C=O) groups excluding carboxylic acids is 1. The van der Waals surface area contributed by atoms with E-state index in [0.29, 0.717) is 31.2 Å². The van der Waals surface area contributed by atoms with Crippen LogP contribution < -0.4 is 5.32 Å². The fourth-order valence-corrected chi connectivity index (χ4v) is 3.48. The fourth-order valence-electron chi connectivity index (χ4n) is 3.48. The summed E-state index contributed by atoms with van der Waals surface area (Å²) in [4.78, 5) is 14.8. The first kappa shape index (κ1) is 21.7. The molecule has 1 aromatic heterocycles. The number of aryl methyl sites for hydroxylation is 2. The summed E-state index contributed by atoms with van der Waals surface area (Å²) in [7, 11) is 0. The number of rotatable bonds is 10. The minimum Gasteiger partial charge on any atom is -0.421 e. The molecule has 0 radical (unpaired) electrons. The summed E-state index contributed by atoms with van der Waals surface area (Å²) in [5.74, 6) is 0.943. The third-order valence-electron chi connectivity index (χ3n) is 5.26. The Morgan fingerprint density at radius 1 is 1.03 bits per heavy atom. The summed E-state index contributed by atoms with van der Waals surface area (Å²) in [6.45, 7) is 8.74. The van der Waals surface area contributed by atoms with Crippen molar-refractivity contribution in [3.63, 3.8) is 0 Å². The van der Waals surface area contributed by atoms with Crippen molar-refractivity contribution in [1.29, 1.82) is 0 Å². The van der Waals surface area contributed by atoms with Crippen molar-refractivity contribution in [1.82, 2.24) is 20.4 Å². The SMILES string of the molecule is CCN(CC)[C@@H](CNC(=O)CCc1nnc(-c2ccc(C)cc2)o1)c1ccccc1. The Hall–Kier alpha value is -2.99. The average Bonchev–Trinajstić information content (AvgIpc) is 3.25. The van der Waals surface area contributed by atoms with E-state index in [0.717, 1.165) is 18.7 Å². The maximum atomic E-state index is 12.4. The van der Waals surface area contributed by atoms with Crippen LogP contribution in [0.1, 0.15) is 43.3 Å². The second-order valence-electron chi connectivity index (χ2n) is 7.32. The topological polar surface area (TPSA) is 71.3 Å². The maximum absolute atomic E-state index is 12.4. The second kappa shape index (κ2) is 10.7. The van der Waals surface area contributed by atoms with Gasteiger partial charge < -0.3 is 9.73 Å². The molecule has 2 aromatic carbocycles. The predicted molar refractivity (Wildman–Crippen MR) is 118 cm³/mol. The Balaban J connectivity index is 1.54. The van der Waals surface area contributed by atoms with Crippen LogP contribution in [-0.2, 0) is 11.2 Å². The third-order valence-corrected chi connectivity index (χ3v) is 5.26. The largest absolute Gasteiger partial charge is 0.421 e. The van der Waals surface area contributed by atoms with Crippen LogP contribution in [0.25, 0.3) is 11.5 Å². The van der Waals surface area contributed by atoms with E-state index in [1.807, 2.05) is 49.4 Å². The lowest BCUT2D eigenvalue weighted by molar-refractivity contribution is -0.121. The van der Waals surface area contributed by atoms with Gasteiger partial charge in [0.25, 0.3) is 0 Å². The molecule has 6 heteroatoms. The first-order valence-corrected chi connectivity index (χ1v) is 10.6. The molecule has 3 rings (SSSR count). The minimum atomic E-state index is -0.0156. The van der Waals surface area contributed by atoms with E-state index in [4.69, 9.17) is 4.42 Å². The van der Waals surface area contributed by atoms with Crippen LogP contribution in [0.3, 0.4) is 0 Å². The van der Waals surface area contributed by atoms with Gasteiger partial charge in [-0.15, -0.1) is 10.2 Å². The van der Waals surface area contributed by atoms with Gasteiger partial charge in [0, 0.05) is 24.9 Å². The highest BCUT2D eigenvalue weighted by Gasteiger charge is 2.19.